The molecule has 0 rings (SSSR count). The molecule has 0 fully saturated rings. The Morgan fingerprint density at radius 3 is 2.27 bits per heavy atom. The zero-order chi connectivity index (χ0) is 11.9. The number of carbonyl (C=O) groups is 1. The molecule has 0 aliphatic heterocycles. The third-order valence-corrected chi connectivity index (χ3v) is 1.69. The lowest BCUT2D eigenvalue weighted by atomic mass is 10.3. The molecule has 0 aromatic rings. The molecule has 1 N–H and O–H groups in total. The monoisotopic (exact) mass is 229 g/mol. The molecule has 0 saturated heterocycles. The van der Waals surface area contributed by atoms with Crippen molar-refractivity contribution in [1.82, 2.24) is 5.32 Å². The van der Waals surface area contributed by atoms with Crippen molar-refractivity contribution in [2.24, 2.45) is 0 Å². The maximum absolute atomic E-state index is 11.7. The number of carbonyl (C=O) groups excluding carboxylic acids is 1. The predicted octanol–water partition coefficient (Wildman–Crippen LogP) is 1.06. The number of nitrogens with one attached hydrogen (secondary N) is 1. The van der Waals surface area contributed by atoms with E-state index in [1.165, 1.54) is 14.2 Å². The first-order chi connectivity index (χ1) is 6.91. The van der Waals surface area contributed by atoms with Gasteiger partial charge in [0.2, 0.25) is 0 Å². The zero-order valence-electron chi connectivity index (χ0n) is 8.56. The first-order valence-corrected chi connectivity index (χ1v) is 4.32. The van der Waals surface area contributed by atoms with Crippen LogP contribution >= 0.6 is 0 Å². The minimum atomic E-state index is -4.82. The summed E-state index contributed by atoms with van der Waals surface area (Å²) in [6.45, 7) is -0.0540. The Morgan fingerprint density at radius 2 is 1.87 bits per heavy atom. The van der Waals surface area contributed by atoms with E-state index in [-0.39, 0.29) is 6.54 Å². The van der Waals surface area contributed by atoms with Crippen LogP contribution in [0.4, 0.5) is 13.2 Å². The van der Waals surface area contributed by atoms with E-state index < -0.39 is 18.4 Å². The number of alkyl halides is 3. The minimum absolute atomic E-state index is 0.0540. The van der Waals surface area contributed by atoms with Crippen LogP contribution < -0.4 is 5.32 Å². The Morgan fingerprint density at radius 1 is 1.33 bits per heavy atom. The van der Waals surface area contributed by atoms with Crippen LogP contribution in [0.1, 0.15) is 12.8 Å². The van der Waals surface area contributed by atoms with Gasteiger partial charge in [-0.1, -0.05) is 0 Å². The fraction of sp³-hybridized carbons (Fsp3) is 0.875. The summed E-state index contributed by atoms with van der Waals surface area (Å²) < 4.78 is 44.8. The van der Waals surface area contributed by atoms with Crippen LogP contribution in [0.3, 0.4) is 0 Å². The molecular weight excluding hydrogens is 215 g/mol. The smallest absolute Gasteiger partial charge is 0.356 e. The molecule has 1 amide bonds. The van der Waals surface area contributed by atoms with Crippen molar-refractivity contribution in [3.8, 4) is 0 Å². The highest BCUT2D eigenvalue weighted by Crippen LogP contribution is 2.14. The van der Waals surface area contributed by atoms with E-state index in [2.05, 4.69) is 0 Å². The summed E-state index contributed by atoms with van der Waals surface area (Å²) in [6, 6.07) is 0. The van der Waals surface area contributed by atoms with Crippen molar-refractivity contribution in [3.05, 3.63) is 0 Å². The zero-order valence-corrected chi connectivity index (χ0v) is 8.56. The second kappa shape index (κ2) is 6.62. The largest absolute Gasteiger partial charge is 0.471 e. The molecule has 90 valence electrons. The molecule has 0 aromatic carbocycles. The van der Waals surface area contributed by atoms with E-state index in [4.69, 9.17) is 9.47 Å². The fourth-order valence-corrected chi connectivity index (χ4v) is 0.903. The minimum Gasteiger partial charge on any atom is -0.356 e. The Balaban J connectivity index is 3.59. The molecule has 0 saturated carbocycles. The number of ether oxygens (including phenoxy) is 2. The predicted molar refractivity (Wildman–Crippen MR) is 46.1 cm³/mol. The molecule has 7 heteroatoms. The van der Waals surface area contributed by atoms with Crippen LogP contribution in [0.25, 0.3) is 0 Å². The van der Waals surface area contributed by atoms with E-state index in [0.29, 0.717) is 12.8 Å². The van der Waals surface area contributed by atoms with E-state index >= 15 is 0 Å². The summed E-state index contributed by atoms with van der Waals surface area (Å²) >= 11 is 0. The SMILES string of the molecule is COC(CCCNC(=O)C(F)(F)F)OC. The van der Waals surface area contributed by atoms with Crippen molar-refractivity contribution in [1.29, 1.82) is 0 Å². The molecule has 0 atom stereocenters. The van der Waals surface area contributed by atoms with Crippen molar-refractivity contribution in [3.63, 3.8) is 0 Å². The van der Waals surface area contributed by atoms with Gasteiger partial charge in [0.05, 0.1) is 0 Å². The Labute approximate surface area is 85.7 Å². The molecule has 0 unspecified atom stereocenters. The second-order valence-corrected chi connectivity index (χ2v) is 2.80. The highest BCUT2D eigenvalue weighted by molar-refractivity contribution is 5.81. The van der Waals surface area contributed by atoms with E-state index in [1.807, 2.05) is 0 Å². The van der Waals surface area contributed by atoms with Gasteiger partial charge in [0, 0.05) is 27.2 Å². The number of methoxy groups -OCH3 is 2. The number of rotatable bonds is 6. The molecule has 0 spiro atoms. The van der Waals surface area contributed by atoms with Gasteiger partial charge in [-0.3, -0.25) is 4.79 Å². The third kappa shape index (κ3) is 6.29. The van der Waals surface area contributed by atoms with Crippen LogP contribution in [0.5, 0.6) is 0 Å². The summed E-state index contributed by atoms with van der Waals surface area (Å²) in [6.07, 6.45) is -4.49. The van der Waals surface area contributed by atoms with Gasteiger partial charge in [0.1, 0.15) is 0 Å². The van der Waals surface area contributed by atoms with Crippen molar-refractivity contribution < 1.29 is 27.4 Å². The summed E-state index contributed by atoms with van der Waals surface area (Å²) in [7, 11) is 2.87. The molecule has 0 bridgehead atoms. The Bertz CT molecular complexity index is 192. The van der Waals surface area contributed by atoms with E-state index in [1.54, 1.807) is 5.32 Å². The van der Waals surface area contributed by atoms with Gasteiger partial charge in [0.15, 0.2) is 6.29 Å². The van der Waals surface area contributed by atoms with E-state index in [0.717, 1.165) is 0 Å². The lowest BCUT2D eigenvalue weighted by Crippen LogP contribution is -2.37. The van der Waals surface area contributed by atoms with Gasteiger partial charge in [-0.25, -0.2) is 0 Å². The molecule has 0 aliphatic carbocycles. The van der Waals surface area contributed by atoms with Gasteiger partial charge < -0.3 is 14.8 Å². The maximum atomic E-state index is 11.7. The number of hydrogen-bond donors (Lipinski definition) is 1. The average molecular weight is 229 g/mol. The van der Waals surface area contributed by atoms with E-state index in [9.17, 15) is 18.0 Å². The van der Waals surface area contributed by atoms with Crippen LogP contribution in [-0.4, -0.2) is 39.1 Å². The Kier molecular flexibility index (Phi) is 6.26. The summed E-state index contributed by atoms with van der Waals surface area (Å²) in [5.74, 6) is -1.92. The Hall–Kier alpha value is -0.820. The van der Waals surface area contributed by atoms with Gasteiger partial charge in [-0.15, -0.1) is 0 Å². The maximum Gasteiger partial charge on any atom is 0.471 e. The number of hydrogen-bond acceptors (Lipinski definition) is 3. The molecule has 0 aromatic heterocycles. The van der Waals surface area contributed by atoms with Crippen molar-refractivity contribution >= 4 is 5.91 Å². The summed E-state index contributed by atoms with van der Waals surface area (Å²) in [5, 5.41) is 1.75. The lowest BCUT2D eigenvalue weighted by Gasteiger charge is -2.13. The topological polar surface area (TPSA) is 47.6 Å². The highest BCUT2D eigenvalue weighted by atomic mass is 19.4. The number of halogens is 3. The van der Waals surface area contributed by atoms with Gasteiger partial charge in [-0.2, -0.15) is 13.2 Å². The molecule has 15 heavy (non-hydrogen) atoms. The molecule has 0 heterocycles. The van der Waals surface area contributed by atoms with Crippen LogP contribution in [0.15, 0.2) is 0 Å². The molecule has 0 aliphatic rings. The lowest BCUT2D eigenvalue weighted by molar-refractivity contribution is -0.173. The van der Waals surface area contributed by atoms with Crippen LogP contribution in [-0.2, 0) is 14.3 Å². The standard InChI is InChI=1S/C8H14F3NO3/c1-14-6(15-2)4-3-5-12-7(13)8(9,10)11/h6H,3-5H2,1-2H3,(H,12,13). The highest BCUT2D eigenvalue weighted by Gasteiger charge is 2.38. The third-order valence-electron chi connectivity index (χ3n) is 1.69. The van der Waals surface area contributed by atoms with Crippen molar-refractivity contribution in [2.45, 2.75) is 25.3 Å². The van der Waals surface area contributed by atoms with Gasteiger partial charge in [-0.05, 0) is 6.42 Å². The normalized spacial score (nSPS) is 11.9. The number of amides is 1. The molecule has 0 radical (unpaired) electrons. The summed E-state index contributed by atoms with van der Waals surface area (Å²) in [5.41, 5.74) is 0. The van der Waals surface area contributed by atoms with Crippen molar-refractivity contribution in [2.75, 3.05) is 20.8 Å². The molecule has 4 nitrogen and oxygen atoms in total. The quantitative estimate of drug-likeness (QED) is 0.547. The molecular formula is C8H14F3NO3. The summed E-state index contributed by atoms with van der Waals surface area (Å²) in [4.78, 5) is 10.3. The average Bonchev–Trinajstić information content (AvgIpc) is 2.16. The van der Waals surface area contributed by atoms with Gasteiger partial charge in [0.25, 0.3) is 0 Å². The second-order valence-electron chi connectivity index (χ2n) is 2.80. The van der Waals surface area contributed by atoms with Gasteiger partial charge >= 0.3 is 12.1 Å². The van der Waals surface area contributed by atoms with Crippen LogP contribution in [0.2, 0.25) is 0 Å². The first-order valence-electron chi connectivity index (χ1n) is 4.32. The fourth-order valence-electron chi connectivity index (χ4n) is 0.903. The first kappa shape index (κ1) is 14.2. The van der Waals surface area contributed by atoms with Crippen LogP contribution in [0, 0.1) is 0 Å².